The van der Waals surface area contributed by atoms with Crippen LogP contribution in [0.3, 0.4) is 0 Å². The molecule has 0 spiro atoms. The highest BCUT2D eigenvalue weighted by molar-refractivity contribution is 5.67. The maximum absolute atomic E-state index is 15.5. The zero-order valence-electron chi connectivity index (χ0n) is 19.5. The van der Waals surface area contributed by atoms with Gasteiger partial charge in [-0.1, -0.05) is 12.1 Å². The number of alkyl halides is 3. The highest BCUT2D eigenvalue weighted by atomic mass is 19.4. The summed E-state index contributed by atoms with van der Waals surface area (Å²) in [6, 6.07) is 4.95. The third-order valence-corrected chi connectivity index (χ3v) is 6.66. The van der Waals surface area contributed by atoms with Crippen LogP contribution >= 0.6 is 0 Å². The molecule has 0 unspecified atom stereocenters. The summed E-state index contributed by atoms with van der Waals surface area (Å²) in [7, 11) is 0. The largest absolute Gasteiger partial charge is 0.573 e. The Kier molecular flexibility index (Phi) is 8.12. The minimum atomic E-state index is -4.78. The lowest BCUT2D eigenvalue weighted by Crippen LogP contribution is -2.40. The molecule has 1 saturated carbocycles. The van der Waals surface area contributed by atoms with Crippen LogP contribution in [-0.2, 0) is 9.53 Å². The molecule has 1 saturated heterocycles. The number of ether oxygens (including phenoxy) is 2. The number of rotatable bonds is 8. The van der Waals surface area contributed by atoms with Gasteiger partial charge < -0.3 is 24.8 Å². The average Bonchev–Trinajstić information content (AvgIpc) is 2.84. The van der Waals surface area contributed by atoms with Gasteiger partial charge in [0.25, 0.3) is 0 Å². The van der Waals surface area contributed by atoms with Gasteiger partial charge >= 0.3 is 12.3 Å². The van der Waals surface area contributed by atoms with Crippen LogP contribution in [0.5, 0.6) is 5.75 Å². The molecule has 0 bridgehead atoms. The van der Waals surface area contributed by atoms with Crippen molar-refractivity contribution in [1.29, 1.82) is 0 Å². The Morgan fingerprint density at radius 1 is 1.14 bits per heavy atom. The van der Waals surface area contributed by atoms with E-state index < -0.39 is 24.2 Å². The van der Waals surface area contributed by atoms with Crippen LogP contribution in [0.25, 0.3) is 0 Å². The number of aliphatic carboxylic acids is 1. The fourth-order valence-corrected chi connectivity index (χ4v) is 4.84. The van der Waals surface area contributed by atoms with Crippen molar-refractivity contribution in [3.63, 3.8) is 0 Å². The Bertz CT molecular complexity index is 1030. The first-order valence-electron chi connectivity index (χ1n) is 11.9. The number of carbonyl (C=O) groups is 1. The van der Waals surface area contributed by atoms with Gasteiger partial charge in [-0.25, -0.2) is 9.97 Å². The molecule has 1 aromatic heterocycles. The highest BCUT2D eigenvalue weighted by Crippen LogP contribution is 2.34. The molecule has 2 heterocycles. The number of carboxylic acids is 1. The average molecular weight is 513 g/mol. The van der Waals surface area contributed by atoms with Gasteiger partial charge in [0.05, 0.1) is 19.3 Å². The van der Waals surface area contributed by atoms with E-state index in [2.05, 4.69) is 20.0 Å². The number of hydrogen-bond acceptors (Lipinski definition) is 7. The Hall–Kier alpha value is -3.15. The highest BCUT2D eigenvalue weighted by Gasteiger charge is 2.32. The van der Waals surface area contributed by atoms with Crippen LogP contribution in [0.2, 0.25) is 0 Å². The second-order valence-electron chi connectivity index (χ2n) is 9.13. The molecule has 36 heavy (non-hydrogen) atoms. The molecule has 0 amide bonds. The van der Waals surface area contributed by atoms with Gasteiger partial charge in [0, 0.05) is 19.5 Å². The Labute approximate surface area is 205 Å². The number of nitrogens with zero attached hydrogens (tertiary/aromatic N) is 3. The number of halogens is 4. The maximum atomic E-state index is 15.5. The van der Waals surface area contributed by atoms with Crippen molar-refractivity contribution < 1.29 is 36.9 Å². The summed E-state index contributed by atoms with van der Waals surface area (Å²) >= 11 is 0. The smallest absolute Gasteiger partial charge is 0.481 e. The van der Waals surface area contributed by atoms with Gasteiger partial charge in [-0.3, -0.25) is 4.79 Å². The van der Waals surface area contributed by atoms with Gasteiger partial charge in [0.15, 0.2) is 11.6 Å². The summed E-state index contributed by atoms with van der Waals surface area (Å²) in [4.78, 5) is 20.8. The van der Waals surface area contributed by atoms with Crippen LogP contribution in [0.15, 0.2) is 30.6 Å². The second-order valence-corrected chi connectivity index (χ2v) is 9.13. The van der Waals surface area contributed by atoms with E-state index in [4.69, 9.17) is 9.84 Å². The topological polar surface area (TPSA) is 96.8 Å². The molecular formula is C24H28F4N4O4. The monoisotopic (exact) mass is 512 g/mol. The van der Waals surface area contributed by atoms with Crippen LogP contribution in [0.1, 0.15) is 43.7 Å². The molecule has 8 nitrogen and oxygen atoms in total. The molecule has 1 aromatic carbocycles. The van der Waals surface area contributed by atoms with Crippen LogP contribution in [0.4, 0.5) is 29.2 Å². The third kappa shape index (κ3) is 6.74. The van der Waals surface area contributed by atoms with Gasteiger partial charge in [0.2, 0.25) is 5.82 Å². The van der Waals surface area contributed by atoms with Crippen molar-refractivity contribution >= 4 is 17.6 Å². The molecule has 1 atom stereocenters. The summed E-state index contributed by atoms with van der Waals surface area (Å²) in [6.45, 7) is 1.41. The Morgan fingerprint density at radius 2 is 1.83 bits per heavy atom. The lowest BCUT2D eigenvalue weighted by Gasteiger charge is -2.37. The van der Waals surface area contributed by atoms with Crippen molar-refractivity contribution in [3.8, 4) is 5.75 Å². The first-order valence-corrected chi connectivity index (χ1v) is 11.9. The SMILES string of the molecule is O=C(O)C[C@H]1CC[C@H](CNc2ncnc(N3CCOC[C@@H]3c3ccc(OC(F)(F)F)cc3)c2F)CC1. The predicted octanol–water partition coefficient (Wildman–Crippen LogP) is 4.79. The third-order valence-electron chi connectivity index (χ3n) is 6.66. The van der Waals surface area contributed by atoms with Gasteiger partial charge in [-0.2, -0.15) is 4.39 Å². The normalized spacial score (nSPS) is 22.8. The van der Waals surface area contributed by atoms with E-state index >= 15 is 4.39 Å². The molecule has 196 valence electrons. The van der Waals surface area contributed by atoms with Crippen LogP contribution in [-0.4, -0.2) is 53.7 Å². The summed E-state index contributed by atoms with van der Waals surface area (Å²) in [5.74, 6) is -1.09. The number of aromatic nitrogens is 2. The van der Waals surface area contributed by atoms with E-state index in [1.54, 1.807) is 4.90 Å². The second kappa shape index (κ2) is 11.3. The first-order chi connectivity index (χ1) is 17.2. The molecule has 2 fully saturated rings. The van der Waals surface area contributed by atoms with Crippen LogP contribution < -0.4 is 15.0 Å². The number of anilines is 2. The lowest BCUT2D eigenvalue weighted by atomic mass is 9.80. The lowest BCUT2D eigenvalue weighted by molar-refractivity contribution is -0.274. The fourth-order valence-electron chi connectivity index (χ4n) is 4.84. The molecule has 2 aliphatic rings. The van der Waals surface area contributed by atoms with E-state index in [1.165, 1.54) is 30.6 Å². The fraction of sp³-hybridized carbons (Fsp3) is 0.542. The van der Waals surface area contributed by atoms with Crippen molar-refractivity contribution in [2.24, 2.45) is 11.8 Å². The number of morpholine rings is 1. The molecule has 2 aromatic rings. The number of benzene rings is 1. The predicted molar refractivity (Wildman–Crippen MR) is 122 cm³/mol. The van der Waals surface area contributed by atoms with E-state index in [9.17, 15) is 18.0 Å². The minimum absolute atomic E-state index is 0.0758. The zero-order valence-corrected chi connectivity index (χ0v) is 19.5. The van der Waals surface area contributed by atoms with Gasteiger partial charge in [-0.15, -0.1) is 13.2 Å². The first kappa shape index (κ1) is 25.9. The van der Waals surface area contributed by atoms with Gasteiger partial charge in [-0.05, 0) is 55.2 Å². The standard InChI is InChI=1S/C24H28F4N4O4/c25-21-22(29-12-16-3-1-15(2-4-16)11-20(33)34)30-14-31-23(21)32-9-10-35-13-19(32)17-5-7-18(8-6-17)36-24(26,27)28/h5-8,14-16,19H,1-4,9-13H2,(H,33,34)(H,29,30,31)/t15-,16-,19-/m1/s1. The Morgan fingerprint density at radius 3 is 2.50 bits per heavy atom. The Balaban J connectivity index is 1.42. The van der Waals surface area contributed by atoms with E-state index in [0.717, 1.165) is 25.7 Å². The minimum Gasteiger partial charge on any atom is -0.481 e. The summed E-state index contributed by atoms with van der Waals surface area (Å²) in [5, 5.41) is 12.0. The van der Waals surface area contributed by atoms with Crippen LogP contribution in [0, 0.1) is 17.7 Å². The quantitative estimate of drug-likeness (QED) is 0.488. The van der Waals surface area contributed by atoms with E-state index in [1.807, 2.05) is 0 Å². The van der Waals surface area contributed by atoms with Gasteiger partial charge in [0.1, 0.15) is 12.1 Å². The summed E-state index contributed by atoms with van der Waals surface area (Å²) in [6.07, 6.45) is 0.0674. The van der Waals surface area contributed by atoms with Crippen molar-refractivity contribution in [2.45, 2.75) is 44.5 Å². The molecule has 1 aliphatic carbocycles. The number of carboxylic acid groups (broad SMARTS) is 1. The molecule has 2 N–H and O–H groups in total. The van der Waals surface area contributed by atoms with E-state index in [0.29, 0.717) is 31.2 Å². The molecule has 4 rings (SSSR count). The van der Waals surface area contributed by atoms with E-state index in [-0.39, 0.29) is 36.3 Å². The summed E-state index contributed by atoms with van der Waals surface area (Å²) < 4.78 is 62.4. The van der Waals surface area contributed by atoms with Crippen molar-refractivity contribution in [2.75, 3.05) is 36.5 Å². The van der Waals surface area contributed by atoms with Crippen molar-refractivity contribution in [1.82, 2.24) is 9.97 Å². The summed E-state index contributed by atoms with van der Waals surface area (Å²) in [5.41, 5.74) is 0.634. The number of hydrogen-bond donors (Lipinski definition) is 2. The zero-order chi connectivity index (χ0) is 25.7. The van der Waals surface area contributed by atoms with Crippen molar-refractivity contribution in [3.05, 3.63) is 42.0 Å². The molecule has 0 radical (unpaired) electrons. The maximum Gasteiger partial charge on any atom is 0.573 e. The molecule has 1 aliphatic heterocycles. The molecular weight excluding hydrogens is 484 g/mol. The molecule has 12 heteroatoms. The number of nitrogens with one attached hydrogen (secondary N) is 1.